The summed E-state index contributed by atoms with van der Waals surface area (Å²) in [4.78, 5) is 10.5. The lowest BCUT2D eigenvalue weighted by atomic mass is 9.85. The average Bonchev–Trinajstić information content (AvgIpc) is 1.85. The van der Waals surface area contributed by atoms with Gasteiger partial charge in [-0.2, -0.15) is 0 Å². The molecule has 0 aromatic carbocycles. The van der Waals surface area contributed by atoms with Crippen LogP contribution in [0.4, 0.5) is 0 Å². The Labute approximate surface area is 66.6 Å². The largest absolute Gasteiger partial charge is 0.393 e. The molecule has 1 saturated carbocycles. The van der Waals surface area contributed by atoms with Gasteiger partial charge in [-0.1, -0.05) is 6.42 Å². The van der Waals surface area contributed by atoms with E-state index in [1.165, 1.54) is 0 Å². The lowest BCUT2D eigenvalue weighted by Crippen LogP contribution is -2.24. The normalized spacial score (nSPS) is 31.7. The molecule has 0 aromatic rings. The van der Waals surface area contributed by atoms with Crippen molar-refractivity contribution in [3.63, 3.8) is 0 Å². The maximum Gasteiger partial charge on any atom is 0.217 e. The van der Waals surface area contributed by atoms with Crippen LogP contribution in [-0.4, -0.2) is 17.1 Å². The minimum absolute atomic E-state index is 0.201. The van der Waals surface area contributed by atoms with Crippen molar-refractivity contribution in [2.45, 2.75) is 38.2 Å². The van der Waals surface area contributed by atoms with Gasteiger partial charge in [0.25, 0.3) is 0 Å². The van der Waals surface area contributed by atoms with E-state index in [1.807, 2.05) is 0 Å². The first-order valence-electron chi connectivity index (χ1n) is 4.15. The topological polar surface area (TPSA) is 63.3 Å². The number of primary amides is 1. The standard InChI is InChI=1S/C8H15NO2/c9-8(11)5-6-2-1-3-7(10)4-6/h6-7,10H,1-5H2,(H2,9,11). The summed E-state index contributed by atoms with van der Waals surface area (Å²) in [5, 5.41) is 9.24. The fourth-order valence-electron chi connectivity index (χ4n) is 1.73. The van der Waals surface area contributed by atoms with E-state index < -0.39 is 0 Å². The van der Waals surface area contributed by atoms with Gasteiger partial charge in [0.2, 0.25) is 5.91 Å². The second-order valence-corrected chi connectivity index (χ2v) is 3.36. The van der Waals surface area contributed by atoms with Crippen molar-refractivity contribution in [3.8, 4) is 0 Å². The van der Waals surface area contributed by atoms with E-state index in [0.717, 1.165) is 25.7 Å². The fourth-order valence-corrected chi connectivity index (χ4v) is 1.73. The predicted octanol–water partition coefficient (Wildman–Crippen LogP) is 0.413. The van der Waals surface area contributed by atoms with Crippen molar-refractivity contribution in [2.24, 2.45) is 11.7 Å². The zero-order valence-corrected chi connectivity index (χ0v) is 6.62. The summed E-state index contributed by atoms with van der Waals surface area (Å²) in [5.41, 5.74) is 5.05. The number of carbonyl (C=O) groups is 1. The Bertz CT molecular complexity index is 147. The highest BCUT2D eigenvalue weighted by Crippen LogP contribution is 2.26. The Morgan fingerprint density at radius 2 is 2.27 bits per heavy atom. The molecule has 0 aromatic heterocycles. The van der Waals surface area contributed by atoms with Crippen LogP contribution in [0.15, 0.2) is 0 Å². The molecule has 3 heteroatoms. The molecule has 1 fully saturated rings. The SMILES string of the molecule is NC(=O)CC1CCCC(O)C1. The molecule has 1 amide bonds. The maximum absolute atomic E-state index is 10.5. The third-order valence-electron chi connectivity index (χ3n) is 2.24. The molecule has 0 heterocycles. The predicted molar refractivity (Wildman–Crippen MR) is 41.8 cm³/mol. The van der Waals surface area contributed by atoms with E-state index in [9.17, 15) is 9.90 Å². The van der Waals surface area contributed by atoms with Crippen LogP contribution in [0.5, 0.6) is 0 Å². The highest BCUT2D eigenvalue weighted by atomic mass is 16.3. The quantitative estimate of drug-likeness (QED) is 0.610. The van der Waals surface area contributed by atoms with Crippen LogP contribution >= 0.6 is 0 Å². The van der Waals surface area contributed by atoms with Gasteiger partial charge >= 0.3 is 0 Å². The molecule has 1 aliphatic rings. The van der Waals surface area contributed by atoms with Crippen LogP contribution in [-0.2, 0) is 4.79 Å². The van der Waals surface area contributed by atoms with Crippen LogP contribution in [0.3, 0.4) is 0 Å². The van der Waals surface area contributed by atoms with Crippen molar-refractivity contribution in [3.05, 3.63) is 0 Å². The van der Waals surface area contributed by atoms with Gasteiger partial charge in [-0.25, -0.2) is 0 Å². The molecule has 2 unspecified atom stereocenters. The molecular weight excluding hydrogens is 142 g/mol. The second kappa shape index (κ2) is 3.72. The second-order valence-electron chi connectivity index (χ2n) is 3.36. The molecule has 3 nitrogen and oxygen atoms in total. The Balaban J connectivity index is 2.28. The zero-order valence-electron chi connectivity index (χ0n) is 6.62. The molecule has 1 rings (SSSR count). The third-order valence-corrected chi connectivity index (χ3v) is 2.24. The minimum atomic E-state index is -0.246. The first kappa shape index (κ1) is 8.53. The van der Waals surface area contributed by atoms with Crippen LogP contribution in [0.25, 0.3) is 0 Å². The van der Waals surface area contributed by atoms with E-state index in [0.29, 0.717) is 12.3 Å². The van der Waals surface area contributed by atoms with Crippen LogP contribution < -0.4 is 5.73 Å². The van der Waals surface area contributed by atoms with Gasteiger partial charge in [0, 0.05) is 6.42 Å². The minimum Gasteiger partial charge on any atom is -0.393 e. The third kappa shape index (κ3) is 2.89. The number of rotatable bonds is 2. The zero-order chi connectivity index (χ0) is 8.27. The van der Waals surface area contributed by atoms with Gasteiger partial charge in [0.15, 0.2) is 0 Å². The number of hydrogen-bond donors (Lipinski definition) is 2. The van der Waals surface area contributed by atoms with Gasteiger partial charge in [-0.05, 0) is 25.2 Å². The molecule has 3 N–H and O–H groups in total. The van der Waals surface area contributed by atoms with Crippen LogP contribution in [0.1, 0.15) is 32.1 Å². The number of amides is 1. The van der Waals surface area contributed by atoms with Crippen molar-refractivity contribution >= 4 is 5.91 Å². The van der Waals surface area contributed by atoms with E-state index in [2.05, 4.69) is 0 Å². The Morgan fingerprint density at radius 1 is 1.55 bits per heavy atom. The lowest BCUT2D eigenvalue weighted by molar-refractivity contribution is -0.119. The monoisotopic (exact) mass is 157 g/mol. The van der Waals surface area contributed by atoms with E-state index >= 15 is 0 Å². The summed E-state index contributed by atoms with van der Waals surface area (Å²) in [7, 11) is 0. The van der Waals surface area contributed by atoms with Gasteiger partial charge in [-0.3, -0.25) is 4.79 Å². The summed E-state index contributed by atoms with van der Waals surface area (Å²) in [5.74, 6) is 0.0837. The fraction of sp³-hybridized carbons (Fsp3) is 0.875. The Morgan fingerprint density at radius 3 is 2.82 bits per heavy atom. The summed E-state index contributed by atoms with van der Waals surface area (Å²) in [6, 6.07) is 0. The molecule has 0 saturated heterocycles. The number of carbonyl (C=O) groups excluding carboxylic acids is 1. The highest BCUT2D eigenvalue weighted by molar-refractivity contribution is 5.73. The van der Waals surface area contributed by atoms with Crippen LogP contribution in [0, 0.1) is 5.92 Å². The highest BCUT2D eigenvalue weighted by Gasteiger charge is 2.21. The maximum atomic E-state index is 10.5. The van der Waals surface area contributed by atoms with E-state index in [-0.39, 0.29) is 12.0 Å². The first-order chi connectivity index (χ1) is 5.18. The molecular formula is C8H15NO2. The number of nitrogens with two attached hydrogens (primary N) is 1. The molecule has 0 aliphatic heterocycles. The first-order valence-corrected chi connectivity index (χ1v) is 4.15. The number of aliphatic hydroxyl groups is 1. The van der Waals surface area contributed by atoms with Crippen LogP contribution in [0.2, 0.25) is 0 Å². The van der Waals surface area contributed by atoms with E-state index in [4.69, 9.17) is 5.73 Å². The van der Waals surface area contributed by atoms with Gasteiger partial charge in [0.1, 0.15) is 0 Å². The summed E-state index contributed by atoms with van der Waals surface area (Å²) >= 11 is 0. The molecule has 2 atom stereocenters. The lowest BCUT2D eigenvalue weighted by Gasteiger charge is -2.24. The molecule has 0 radical (unpaired) electrons. The van der Waals surface area contributed by atoms with Crippen molar-refractivity contribution in [1.29, 1.82) is 0 Å². The summed E-state index contributed by atoms with van der Waals surface area (Å²) in [6.45, 7) is 0. The smallest absolute Gasteiger partial charge is 0.217 e. The number of aliphatic hydroxyl groups excluding tert-OH is 1. The Hall–Kier alpha value is -0.570. The summed E-state index contributed by atoms with van der Waals surface area (Å²) < 4.78 is 0. The molecule has 0 bridgehead atoms. The van der Waals surface area contributed by atoms with Crippen molar-refractivity contribution < 1.29 is 9.90 Å². The Kier molecular flexibility index (Phi) is 2.88. The van der Waals surface area contributed by atoms with Crippen molar-refractivity contribution in [1.82, 2.24) is 0 Å². The molecule has 11 heavy (non-hydrogen) atoms. The van der Waals surface area contributed by atoms with Gasteiger partial charge < -0.3 is 10.8 Å². The van der Waals surface area contributed by atoms with Gasteiger partial charge in [0.05, 0.1) is 6.10 Å². The molecule has 1 aliphatic carbocycles. The average molecular weight is 157 g/mol. The van der Waals surface area contributed by atoms with E-state index in [1.54, 1.807) is 0 Å². The molecule has 64 valence electrons. The van der Waals surface area contributed by atoms with Crippen molar-refractivity contribution in [2.75, 3.05) is 0 Å². The molecule has 0 spiro atoms. The number of hydrogen-bond acceptors (Lipinski definition) is 2. The summed E-state index contributed by atoms with van der Waals surface area (Å²) in [6.07, 6.45) is 3.95. The van der Waals surface area contributed by atoms with Gasteiger partial charge in [-0.15, -0.1) is 0 Å².